The zero-order valence-corrected chi connectivity index (χ0v) is 19.2. The summed E-state index contributed by atoms with van der Waals surface area (Å²) < 4.78 is 28.5. The normalized spacial score (nSPS) is 11.4. The van der Waals surface area contributed by atoms with Crippen molar-refractivity contribution in [2.45, 2.75) is 31.7 Å². The van der Waals surface area contributed by atoms with Crippen molar-refractivity contribution >= 4 is 15.7 Å². The molecule has 0 saturated heterocycles. The number of nitrogens with two attached hydrogens (primary N) is 1. The van der Waals surface area contributed by atoms with E-state index in [1.807, 2.05) is 19.1 Å². The van der Waals surface area contributed by atoms with Gasteiger partial charge in [0, 0.05) is 35.6 Å². The van der Waals surface area contributed by atoms with Crippen molar-refractivity contribution < 1.29 is 8.42 Å². The van der Waals surface area contributed by atoms with E-state index in [1.165, 1.54) is 6.33 Å². The SMILES string of the molecule is CCc1ncnc(-c2ccc(CN)nc2)c1-c1cnc(C)c(NS(=O)(=O)c2ccccc2)c1. The molecule has 0 saturated carbocycles. The number of hydrogen-bond acceptors (Lipinski definition) is 7. The minimum Gasteiger partial charge on any atom is -0.325 e. The topological polar surface area (TPSA) is 124 Å². The van der Waals surface area contributed by atoms with Gasteiger partial charge in [0.25, 0.3) is 10.0 Å². The largest absolute Gasteiger partial charge is 0.325 e. The fraction of sp³-hybridized carbons (Fsp3) is 0.167. The summed E-state index contributed by atoms with van der Waals surface area (Å²) in [6.07, 6.45) is 5.63. The van der Waals surface area contributed by atoms with Crippen LogP contribution in [0.1, 0.15) is 24.0 Å². The Balaban J connectivity index is 1.81. The fourth-order valence-electron chi connectivity index (χ4n) is 3.47. The molecule has 0 radical (unpaired) electrons. The lowest BCUT2D eigenvalue weighted by Gasteiger charge is -2.15. The van der Waals surface area contributed by atoms with Crippen molar-refractivity contribution in [3.8, 4) is 22.4 Å². The summed E-state index contributed by atoms with van der Waals surface area (Å²) in [6.45, 7) is 4.11. The van der Waals surface area contributed by atoms with Gasteiger partial charge in [-0.25, -0.2) is 18.4 Å². The van der Waals surface area contributed by atoms with Crippen LogP contribution in [0.15, 0.2) is 72.1 Å². The van der Waals surface area contributed by atoms with Crippen LogP contribution < -0.4 is 10.5 Å². The van der Waals surface area contributed by atoms with E-state index in [0.717, 1.165) is 22.5 Å². The molecule has 0 aliphatic carbocycles. The van der Waals surface area contributed by atoms with Gasteiger partial charge in [-0.15, -0.1) is 0 Å². The second-order valence-electron chi connectivity index (χ2n) is 7.42. The number of rotatable bonds is 7. The van der Waals surface area contributed by atoms with E-state index in [2.05, 4.69) is 24.7 Å². The van der Waals surface area contributed by atoms with Crippen molar-refractivity contribution in [3.05, 3.63) is 84.3 Å². The number of hydrogen-bond donors (Lipinski definition) is 2. The van der Waals surface area contributed by atoms with Crippen molar-refractivity contribution in [1.29, 1.82) is 0 Å². The van der Waals surface area contributed by atoms with Crippen molar-refractivity contribution in [2.24, 2.45) is 5.73 Å². The van der Waals surface area contributed by atoms with Crippen LogP contribution in [0.2, 0.25) is 0 Å². The lowest BCUT2D eigenvalue weighted by molar-refractivity contribution is 0.601. The third-order valence-corrected chi connectivity index (χ3v) is 6.62. The Morgan fingerprint density at radius 3 is 2.36 bits per heavy atom. The second kappa shape index (κ2) is 9.43. The molecule has 0 atom stereocenters. The van der Waals surface area contributed by atoms with Crippen LogP contribution in [0.4, 0.5) is 5.69 Å². The molecule has 4 aromatic rings. The van der Waals surface area contributed by atoms with E-state index in [-0.39, 0.29) is 4.90 Å². The molecule has 33 heavy (non-hydrogen) atoms. The van der Waals surface area contributed by atoms with Gasteiger partial charge in [0.05, 0.1) is 33.4 Å². The molecule has 8 nitrogen and oxygen atoms in total. The van der Waals surface area contributed by atoms with E-state index in [4.69, 9.17) is 5.73 Å². The molecule has 3 aromatic heterocycles. The number of nitrogens with zero attached hydrogens (tertiary/aromatic N) is 4. The highest BCUT2D eigenvalue weighted by Crippen LogP contribution is 2.34. The predicted molar refractivity (Wildman–Crippen MR) is 128 cm³/mol. The maximum absolute atomic E-state index is 12.9. The van der Waals surface area contributed by atoms with Crippen LogP contribution >= 0.6 is 0 Å². The Kier molecular flexibility index (Phi) is 6.43. The van der Waals surface area contributed by atoms with Crippen LogP contribution in [-0.2, 0) is 23.0 Å². The first kappa shape index (κ1) is 22.5. The van der Waals surface area contributed by atoms with Gasteiger partial charge in [0.1, 0.15) is 6.33 Å². The van der Waals surface area contributed by atoms with Crippen LogP contribution in [0, 0.1) is 6.92 Å². The molecule has 0 fully saturated rings. The predicted octanol–water partition coefficient (Wildman–Crippen LogP) is 3.73. The number of pyridine rings is 2. The number of sulfonamides is 1. The Morgan fingerprint density at radius 2 is 1.70 bits per heavy atom. The zero-order chi connectivity index (χ0) is 23.4. The lowest BCUT2D eigenvalue weighted by atomic mass is 9.98. The van der Waals surface area contributed by atoms with Gasteiger partial charge in [-0.3, -0.25) is 14.7 Å². The van der Waals surface area contributed by atoms with Gasteiger partial charge in [0.15, 0.2) is 0 Å². The summed E-state index contributed by atoms with van der Waals surface area (Å²) in [5, 5.41) is 0. The van der Waals surface area contributed by atoms with Crippen molar-refractivity contribution in [3.63, 3.8) is 0 Å². The molecule has 0 aliphatic heterocycles. The average Bonchev–Trinajstić information content (AvgIpc) is 2.85. The van der Waals surface area contributed by atoms with Gasteiger partial charge < -0.3 is 5.73 Å². The number of anilines is 1. The fourth-order valence-corrected chi connectivity index (χ4v) is 4.60. The van der Waals surface area contributed by atoms with E-state index in [9.17, 15) is 8.42 Å². The standard InChI is InChI=1S/C24H24N6O2S/c1-3-21-23(24(29-15-28-21)17-9-10-19(12-25)27-13-17)18-11-22(16(2)26-14-18)30-33(31,32)20-7-5-4-6-8-20/h4-11,13-15,30H,3,12,25H2,1-2H3. The highest BCUT2D eigenvalue weighted by Gasteiger charge is 2.19. The maximum atomic E-state index is 12.9. The average molecular weight is 461 g/mol. The summed E-state index contributed by atoms with van der Waals surface area (Å²) in [6, 6.07) is 13.8. The van der Waals surface area contributed by atoms with Crippen molar-refractivity contribution in [1.82, 2.24) is 19.9 Å². The van der Waals surface area contributed by atoms with Gasteiger partial charge >= 0.3 is 0 Å². The van der Waals surface area contributed by atoms with Crippen LogP contribution in [0.3, 0.4) is 0 Å². The first-order valence-corrected chi connectivity index (χ1v) is 12.0. The molecule has 0 unspecified atom stereocenters. The molecule has 168 valence electrons. The second-order valence-corrected chi connectivity index (χ2v) is 9.10. The molecule has 0 spiro atoms. The molecule has 3 heterocycles. The minimum absolute atomic E-state index is 0.179. The molecule has 0 amide bonds. The highest BCUT2D eigenvalue weighted by atomic mass is 32.2. The smallest absolute Gasteiger partial charge is 0.261 e. The molecule has 0 aliphatic rings. The summed E-state index contributed by atoms with van der Waals surface area (Å²) in [4.78, 5) is 18.0. The van der Waals surface area contributed by atoms with Crippen molar-refractivity contribution in [2.75, 3.05) is 4.72 Å². The number of aryl methyl sites for hydroxylation is 2. The zero-order valence-electron chi connectivity index (χ0n) is 18.4. The third kappa shape index (κ3) is 4.74. The Bertz CT molecular complexity index is 1370. The highest BCUT2D eigenvalue weighted by molar-refractivity contribution is 7.92. The Morgan fingerprint density at radius 1 is 0.939 bits per heavy atom. The first-order chi connectivity index (χ1) is 15.9. The molecule has 3 N–H and O–H groups in total. The first-order valence-electron chi connectivity index (χ1n) is 10.5. The summed E-state index contributed by atoms with van der Waals surface area (Å²) >= 11 is 0. The van der Waals surface area contributed by atoms with E-state index >= 15 is 0 Å². The van der Waals surface area contributed by atoms with Crippen LogP contribution in [0.25, 0.3) is 22.4 Å². The molecule has 1 aromatic carbocycles. The minimum atomic E-state index is -3.76. The maximum Gasteiger partial charge on any atom is 0.261 e. The van der Waals surface area contributed by atoms with Crippen LogP contribution in [0.5, 0.6) is 0 Å². The Labute approximate surface area is 193 Å². The quantitative estimate of drug-likeness (QED) is 0.431. The monoisotopic (exact) mass is 460 g/mol. The van der Waals surface area contributed by atoms with Gasteiger partial charge in [0.2, 0.25) is 0 Å². The third-order valence-electron chi connectivity index (χ3n) is 5.24. The molecular weight excluding hydrogens is 436 g/mol. The summed E-state index contributed by atoms with van der Waals surface area (Å²) in [5.74, 6) is 0. The van der Waals surface area contributed by atoms with Gasteiger partial charge in [-0.05, 0) is 43.7 Å². The molecular formula is C24H24N6O2S. The lowest BCUT2D eigenvalue weighted by Crippen LogP contribution is -2.14. The van der Waals surface area contributed by atoms with E-state index < -0.39 is 10.0 Å². The Hall–Kier alpha value is -3.69. The molecule has 4 rings (SSSR count). The number of nitrogens with one attached hydrogen (secondary N) is 1. The molecule has 9 heteroatoms. The molecule has 0 bridgehead atoms. The summed E-state index contributed by atoms with van der Waals surface area (Å²) in [7, 11) is -3.76. The number of benzene rings is 1. The van der Waals surface area contributed by atoms with E-state index in [1.54, 1.807) is 55.7 Å². The van der Waals surface area contributed by atoms with Gasteiger partial charge in [-0.2, -0.15) is 0 Å². The van der Waals surface area contributed by atoms with Crippen LogP contribution in [-0.4, -0.2) is 28.4 Å². The van der Waals surface area contributed by atoms with E-state index in [0.29, 0.717) is 35.6 Å². The van der Waals surface area contributed by atoms with Gasteiger partial charge in [-0.1, -0.05) is 25.1 Å². The summed E-state index contributed by atoms with van der Waals surface area (Å²) in [5.41, 5.74) is 11.2. The number of aromatic nitrogens is 4.